The number of anilines is 1. The molecule has 1 atom stereocenters. The van der Waals surface area contributed by atoms with E-state index in [-0.39, 0.29) is 11.8 Å². The largest absolute Gasteiger partial charge is 0.478 e. The molecule has 0 aromatic heterocycles. The molecule has 3 aromatic carbocycles. The van der Waals surface area contributed by atoms with Gasteiger partial charge >= 0.3 is 0 Å². The molecular weight excluding hydrogens is 510 g/mol. The molecule has 1 N–H and O–H groups in total. The minimum atomic E-state index is -0.651. The van der Waals surface area contributed by atoms with Crippen molar-refractivity contribution in [3.05, 3.63) is 94.5 Å². The van der Waals surface area contributed by atoms with Gasteiger partial charge in [0.05, 0.1) is 11.3 Å². The standard InChI is InChI=1S/C32H36ClN3O3/c1-22-32(38)35(2)28-21-26(33)20-27(30(28)39-22)31(37)34-16-9-17-36-18-14-25(15-19-36)29(23-10-5-3-6-11-23)24-12-7-4-8-13-24/h3-8,10-13,20-22,25,29H,9,14-19H2,1-2H3,(H,34,37). The summed E-state index contributed by atoms with van der Waals surface area (Å²) in [5.41, 5.74) is 3.66. The number of hydrogen-bond acceptors (Lipinski definition) is 4. The summed E-state index contributed by atoms with van der Waals surface area (Å²) >= 11 is 6.27. The summed E-state index contributed by atoms with van der Waals surface area (Å²) in [6, 6.07) is 25.0. The van der Waals surface area contributed by atoms with E-state index < -0.39 is 6.10 Å². The lowest BCUT2D eigenvalue weighted by atomic mass is 9.76. The van der Waals surface area contributed by atoms with E-state index in [2.05, 4.69) is 70.9 Å². The zero-order valence-electron chi connectivity index (χ0n) is 22.6. The Labute approximate surface area is 235 Å². The number of carbonyl (C=O) groups is 2. The first-order valence-electron chi connectivity index (χ1n) is 13.8. The molecular formula is C32H36ClN3O3. The van der Waals surface area contributed by atoms with Crippen LogP contribution in [0, 0.1) is 5.92 Å². The summed E-state index contributed by atoms with van der Waals surface area (Å²) in [6.07, 6.45) is 2.51. The monoisotopic (exact) mass is 545 g/mol. The van der Waals surface area contributed by atoms with Crippen molar-refractivity contribution in [2.24, 2.45) is 5.92 Å². The van der Waals surface area contributed by atoms with Gasteiger partial charge in [-0.25, -0.2) is 0 Å². The van der Waals surface area contributed by atoms with Gasteiger partial charge in [0.15, 0.2) is 11.9 Å². The number of carbonyl (C=O) groups excluding carboxylic acids is 2. The number of piperidine rings is 1. The van der Waals surface area contributed by atoms with Crippen molar-refractivity contribution in [2.75, 3.05) is 38.1 Å². The third kappa shape index (κ3) is 6.13. The molecule has 0 radical (unpaired) electrons. The highest BCUT2D eigenvalue weighted by atomic mass is 35.5. The number of nitrogens with zero attached hydrogens (tertiary/aromatic N) is 2. The van der Waals surface area contributed by atoms with Crippen LogP contribution >= 0.6 is 11.6 Å². The van der Waals surface area contributed by atoms with Crippen molar-refractivity contribution in [1.82, 2.24) is 10.2 Å². The Bertz CT molecular complexity index is 1250. The van der Waals surface area contributed by atoms with Crippen molar-refractivity contribution in [1.29, 1.82) is 0 Å². The summed E-state index contributed by atoms with van der Waals surface area (Å²) in [5.74, 6) is 1.01. The van der Waals surface area contributed by atoms with Gasteiger partial charge < -0.3 is 19.9 Å². The van der Waals surface area contributed by atoms with Crippen molar-refractivity contribution in [3.63, 3.8) is 0 Å². The lowest BCUT2D eigenvalue weighted by Gasteiger charge is -2.36. The van der Waals surface area contributed by atoms with Gasteiger partial charge in [-0.05, 0) is 75.0 Å². The molecule has 2 aliphatic rings. The van der Waals surface area contributed by atoms with Crippen LogP contribution in [0.2, 0.25) is 5.02 Å². The molecule has 1 fully saturated rings. The highest BCUT2D eigenvalue weighted by Gasteiger charge is 2.33. The number of halogens is 1. The first kappa shape index (κ1) is 27.2. The average molecular weight is 546 g/mol. The molecule has 0 aliphatic carbocycles. The number of ether oxygens (including phenoxy) is 1. The summed E-state index contributed by atoms with van der Waals surface area (Å²) < 4.78 is 5.80. The number of fused-ring (bicyclic) bond motifs is 1. The SMILES string of the molecule is CC1Oc2c(C(=O)NCCCN3CCC(C(c4ccccc4)c4ccccc4)CC3)cc(Cl)cc2N(C)C1=O. The maximum Gasteiger partial charge on any atom is 0.267 e. The van der Waals surface area contributed by atoms with Crippen LogP contribution < -0.4 is 15.0 Å². The van der Waals surface area contributed by atoms with E-state index in [1.54, 1.807) is 26.1 Å². The van der Waals surface area contributed by atoms with E-state index >= 15 is 0 Å². The minimum Gasteiger partial charge on any atom is -0.478 e. The molecule has 1 unspecified atom stereocenters. The fraction of sp³-hybridized carbons (Fsp3) is 0.375. The molecule has 2 aliphatic heterocycles. The number of likely N-dealkylation sites (N-methyl/N-ethyl adjacent to an activating group) is 1. The maximum atomic E-state index is 13.0. The summed E-state index contributed by atoms with van der Waals surface area (Å²) in [4.78, 5) is 29.3. The van der Waals surface area contributed by atoms with Crippen LogP contribution in [0.3, 0.4) is 0 Å². The zero-order chi connectivity index (χ0) is 27.4. The highest BCUT2D eigenvalue weighted by molar-refractivity contribution is 6.31. The third-order valence-corrected chi connectivity index (χ3v) is 8.19. The fourth-order valence-electron chi connectivity index (χ4n) is 5.91. The minimum absolute atomic E-state index is 0.168. The summed E-state index contributed by atoms with van der Waals surface area (Å²) in [5, 5.41) is 3.41. The van der Waals surface area contributed by atoms with Crippen LogP contribution in [-0.2, 0) is 4.79 Å². The molecule has 0 spiro atoms. The lowest BCUT2D eigenvalue weighted by molar-refractivity contribution is -0.125. The number of rotatable bonds is 8. The lowest BCUT2D eigenvalue weighted by Crippen LogP contribution is -2.43. The molecule has 0 saturated carbocycles. The number of likely N-dealkylation sites (tertiary alicyclic amines) is 1. The number of nitrogens with one attached hydrogen (secondary N) is 1. The quantitative estimate of drug-likeness (QED) is 0.366. The van der Waals surface area contributed by atoms with Gasteiger partial charge in [0.2, 0.25) is 0 Å². The van der Waals surface area contributed by atoms with Gasteiger partial charge in [0, 0.05) is 24.5 Å². The topological polar surface area (TPSA) is 61.9 Å². The Balaban J connectivity index is 1.14. The number of amides is 2. The zero-order valence-corrected chi connectivity index (χ0v) is 23.4. The van der Waals surface area contributed by atoms with Crippen molar-refractivity contribution in [3.8, 4) is 5.75 Å². The molecule has 7 heteroatoms. The van der Waals surface area contributed by atoms with Crippen LogP contribution in [0.15, 0.2) is 72.8 Å². The van der Waals surface area contributed by atoms with Gasteiger partial charge in [-0.1, -0.05) is 72.3 Å². The first-order valence-corrected chi connectivity index (χ1v) is 14.2. The highest BCUT2D eigenvalue weighted by Crippen LogP contribution is 2.39. The van der Waals surface area contributed by atoms with Crippen LogP contribution in [0.1, 0.15) is 53.6 Å². The number of benzene rings is 3. The summed E-state index contributed by atoms with van der Waals surface area (Å²) in [7, 11) is 1.67. The fourth-order valence-corrected chi connectivity index (χ4v) is 6.12. The molecule has 39 heavy (non-hydrogen) atoms. The van der Waals surface area contributed by atoms with Crippen LogP contribution in [0.4, 0.5) is 5.69 Å². The molecule has 1 saturated heterocycles. The second-order valence-corrected chi connectivity index (χ2v) is 11.0. The Kier molecular flexibility index (Phi) is 8.53. The van der Waals surface area contributed by atoms with Crippen LogP contribution in [0.25, 0.3) is 0 Å². The average Bonchev–Trinajstić information content (AvgIpc) is 2.96. The summed E-state index contributed by atoms with van der Waals surface area (Å²) in [6.45, 7) is 5.29. The third-order valence-electron chi connectivity index (χ3n) is 7.97. The molecule has 2 heterocycles. The Morgan fingerprint density at radius 2 is 1.64 bits per heavy atom. The van der Waals surface area contributed by atoms with Gasteiger partial charge in [0.25, 0.3) is 11.8 Å². The van der Waals surface area contributed by atoms with E-state index in [9.17, 15) is 9.59 Å². The molecule has 0 bridgehead atoms. The second-order valence-electron chi connectivity index (χ2n) is 10.5. The second kappa shape index (κ2) is 12.2. The van der Waals surface area contributed by atoms with E-state index in [1.807, 2.05) is 0 Å². The van der Waals surface area contributed by atoms with E-state index in [0.717, 1.165) is 38.9 Å². The van der Waals surface area contributed by atoms with Crippen LogP contribution in [0.5, 0.6) is 5.75 Å². The first-order chi connectivity index (χ1) is 18.9. The molecule has 6 nitrogen and oxygen atoms in total. The van der Waals surface area contributed by atoms with Gasteiger partial charge in [-0.3, -0.25) is 9.59 Å². The van der Waals surface area contributed by atoms with Crippen molar-refractivity contribution < 1.29 is 14.3 Å². The Morgan fingerprint density at radius 3 is 2.26 bits per heavy atom. The Morgan fingerprint density at radius 1 is 1.03 bits per heavy atom. The Hall–Kier alpha value is -3.35. The van der Waals surface area contributed by atoms with E-state index in [0.29, 0.717) is 40.4 Å². The predicted octanol–water partition coefficient (Wildman–Crippen LogP) is 5.75. The van der Waals surface area contributed by atoms with Crippen molar-refractivity contribution >= 4 is 29.1 Å². The van der Waals surface area contributed by atoms with Gasteiger partial charge in [0.1, 0.15) is 0 Å². The molecule has 3 aromatic rings. The van der Waals surface area contributed by atoms with Crippen molar-refractivity contribution in [2.45, 2.75) is 38.2 Å². The molecule has 2 amide bonds. The molecule has 5 rings (SSSR count). The molecule has 204 valence electrons. The van der Waals surface area contributed by atoms with E-state index in [1.165, 1.54) is 16.0 Å². The van der Waals surface area contributed by atoms with E-state index in [4.69, 9.17) is 16.3 Å². The number of hydrogen-bond donors (Lipinski definition) is 1. The smallest absolute Gasteiger partial charge is 0.267 e. The maximum absolute atomic E-state index is 13.0. The van der Waals surface area contributed by atoms with Gasteiger partial charge in [-0.15, -0.1) is 0 Å². The predicted molar refractivity (Wildman–Crippen MR) is 156 cm³/mol. The normalized spacial score (nSPS) is 18.1. The van der Waals surface area contributed by atoms with Gasteiger partial charge in [-0.2, -0.15) is 0 Å². The van der Waals surface area contributed by atoms with Crippen LogP contribution in [-0.4, -0.2) is 56.0 Å².